The predicted octanol–water partition coefficient (Wildman–Crippen LogP) is 3.75. The van der Waals surface area contributed by atoms with Crippen LogP contribution in [0.3, 0.4) is 0 Å². The molecule has 1 aliphatic rings. The Bertz CT molecular complexity index is 366. The van der Waals surface area contributed by atoms with Gasteiger partial charge in [-0.1, -0.05) is 19.3 Å². The summed E-state index contributed by atoms with van der Waals surface area (Å²) in [4.78, 5) is 0. The molecule has 17 heavy (non-hydrogen) atoms. The van der Waals surface area contributed by atoms with Crippen molar-refractivity contribution in [3.63, 3.8) is 0 Å². The van der Waals surface area contributed by atoms with Gasteiger partial charge in [-0.25, -0.2) is 0 Å². The highest BCUT2D eigenvalue weighted by molar-refractivity contribution is 9.13. The highest BCUT2D eigenvalue weighted by Crippen LogP contribution is 2.46. The van der Waals surface area contributed by atoms with E-state index in [4.69, 9.17) is 10.2 Å². The van der Waals surface area contributed by atoms with E-state index in [0.29, 0.717) is 17.0 Å². The fourth-order valence-electron chi connectivity index (χ4n) is 2.64. The van der Waals surface area contributed by atoms with Crippen molar-refractivity contribution in [1.82, 2.24) is 0 Å². The van der Waals surface area contributed by atoms with E-state index in [-0.39, 0.29) is 5.41 Å². The molecule has 2 rings (SSSR count). The van der Waals surface area contributed by atoms with Gasteiger partial charge < -0.3 is 15.3 Å². The molecule has 1 heterocycles. The molecule has 1 unspecified atom stereocenters. The van der Waals surface area contributed by atoms with Crippen molar-refractivity contribution in [2.75, 3.05) is 6.54 Å². The molecule has 0 aromatic carbocycles. The molecule has 0 aliphatic heterocycles. The molecular weight excluding hydrogens is 350 g/mol. The van der Waals surface area contributed by atoms with Crippen LogP contribution < -0.4 is 5.73 Å². The van der Waals surface area contributed by atoms with Crippen molar-refractivity contribution in [2.45, 2.75) is 38.2 Å². The summed E-state index contributed by atoms with van der Waals surface area (Å²) in [7, 11) is 0. The minimum absolute atomic E-state index is 0.213. The van der Waals surface area contributed by atoms with Crippen LogP contribution in [-0.2, 0) is 0 Å². The van der Waals surface area contributed by atoms with E-state index in [1.165, 1.54) is 6.42 Å². The Morgan fingerprint density at radius 2 is 2.00 bits per heavy atom. The van der Waals surface area contributed by atoms with E-state index >= 15 is 0 Å². The van der Waals surface area contributed by atoms with Crippen LogP contribution in [0.15, 0.2) is 19.6 Å². The zero-order valence-electron chi connectivity index (χ0n) is 9.59. The molecule has 1 aromatic heterocycles. The molecule has 1 aromatic rings. The minimum Gasteiger partial charge on any atom is -0.450 e. The second-order valence-corrected chi connectivity index (χ2v) is 6.37. The maximum Gasteiger partial charge on any atom is 0.183 e. The average Bonchev–Trinajstić information content (AvgIpc) is 2.69. The first-order valence-corrected chi connectivity index (χ1v) is 7.50. The number of halogens is 2. The zero-order chi connectivity index (χ0) is 12.5. The largest absolute Gasteiger partial charge is 0.450 e. The first kappa shape index (κ1) is 13.6. The van der Waals surface area contributed by atoms with E-state index in [2.05, 4.69) is 31.9 Å². The number of aliphatic hydroxyl groups is 1. The van der Waals surface area contributed by atoms with Gasteiger partial charge in [-0.05, 0) is 50.8 Å². The van der Waals surface area contributed by atoms with Crippen LogP contribution in [0.4, 0.5) is 0 Å². The summed E-state index contributed by atoms with van der Waals surface area (Å²) in [6.07, 6.45) is 4.84. The summed E-state index contributed by atoms with van der Waals surface area (Å²) in [5.74, 6) is 0.594. The smallest absolute Gasteiger partial charge is 0.183 e. The Balaban J connectivity index is 2.24. The third kappa shape index (κ3) is 2.62. The van der Waals surface area contributed by atoms with Crippen LogP contribution in [0.1, 0.15) is 44.0 Å². The van der Waals surface area contributed by atoms with E-state index in [9.17, 15) is 5.11 Å². The average molecular weight is 367 g/mol. The lowest BCUT2D eigenvalue weighted by Crippen LogP contribution is -2.38. The van der Waals surface area contributed by atoms with Crippen molar-refractivity contribution in [2.24, 2.45) is 11.1 Å². The standard InChI is InChI=1S/C12H17Br2NO2/c13-8-6-9(17-11(8)14)10(16)12(7-15)4-2-1-3-5-12/h6,10,16H,1-5,7,15H2. The maximum atomic E-state index is 10.5. The fourth-order valence-corrected chi connectivity index (χ4v) is 3.25. The van der Waals surface area contributed by atoms with E-state index in [1.807, 2.05) is 6.07 Å². The Morgan fingerprint density at radius 3 is 2.47 bits per heavy atom. The number of furan rings is 1. The monoisotopic (exact) mass is 365 g/mol. The molecule has 0 spiro atoms. The molecule has 3 N–H and O–H groups in total. The molecule has 0 radical (unpaired) electrons. The van der Waals surface area contributed by atoms with Crippen LogP contribution in [0.2, 0.25) is 0 Å². The van der Waals surface area contributed by atoms with Crippen LogP contribution >= 0.6 is 31.9 Å². The molecule has 5 heteroatoms. The molecule has 0 bridgehead atoms. The molecule has 0 saturated heterocycles. The summed E-state index contributed by atoms with van der Waals surface area (Å²) >= 11 is 6.66. The van der Waals surface area contributed by atoms with E-state index < -0.39 is 6.10 Å². The van der Waals surface area contributed by atoms with E-state index in [1.54, 1.807) is 0 Å². The number of hydrogen-bond donors (Lipinski definition) is 2. The van der Waals surface area contributed by atoms with Gasteiger partial charge >= 0.3 is 0 Å². The van der Waals surface area contributed by atoms with Crippen LogP contribution in [0, 0.1) is 5.41 Å². The summed E-state index contributed by atoms with van der Waals surface area (Å²) in [5.41, 5.74) is 5.68. The molecule has 0 amide bonds. The van der Waals surface area contributed by atoms with Crippen molar-refractivity contribution in [3.8, 4) is 0 Å². The number of aliphatic hydroxyl groups excluding tert-OH is 1. The van der Waals surface area contributed by atoms with Crippen LogP contribution in [-0.4, -0.2) is 11.7 Å². The van der Waals surface area contributed by atoms with Crippen molar-refractivity contribution in [1.29, 1.82) is 0 Å². The number of nitrogens with two attached hydrogens (primary N) is 1. The first-order valence-electron chi connectivity index (χ1n) is 5.92. The predicted molar refractivity (Wildman–Crippen MR) is 73.6 cm³/mol. The Morgan fingerprint density at radius 1 is 1.35 bits per heavy atom. The third-order valence-corrected chi connectivity index (χ3v) is 5.48. The minimum atomic E-state index is -0.615. The number of hydrogen-bond acceptors (Lipinski definition) is 3. The van der Waals surface area contributed by atoms with Gasteiger partial charge in [0.15, 0.2) is 4.67 Å². The lowest BCUT2D eigenvalue weighted by Gasteiger charge is -2.39. The Hall–Kier alpha value is 0.160. The van der Waals surface area contributed by atoms with Crippen LogP contribution in [0.5, 0.6) is 0 Å². The second-order valence-electron chi connectivity index (χ2n) is 4.80. The molecule has 1 aliphatic carbocycles. The van der Waals surface area contributed by atoms with Crippen LogP contribution in [0.25, 0.3) is 0 Å². The number of rotatable bonds is 3. The second kappa shape index (κ2) is 5.43. The molecule has 3 nitrogen and oxygen atoms in total. The topological polar surface area (TPSA) is 59.4 Å². The molecule has 1 atom stereocenters. The summed E-state index contributed by atoms with van der Waals surface area (Å²) in [5, 5.41) is 10.5. The zero-order valence-corrected chi connectivity index (χ0v) is 12.8. The van der Waals surface area contributed by atoms with E-state index in [0.717, 1.165) is 30.2 Å². The lowest BCUT2D eigenvalue weighted by atomic mass is 9.69. The van der Waals surface area contributed by atoms with Gasteiger partial charge in [0, 0.05) is 12.0 Å². The summed E-state index contributed by atoms with van der Waals surface area (Å²) in [6.45, 7) is 0.504. The van der Waals surface area contributed by atoms with Crippen molar-refractivity contribution < 1.29 is 9.52 Å². The fraction of sp³-hybridized carbons (Fsp3) is 0.667. The molecule has 1 fully saturated rings. The van der Waals surface area contributed by atoms with Gasteiger partial charge in [-0.3, -0.25) is 0 Å². The van der Waals surface area contributed by atoms with Crippen molar-refractivity contribution in [3.05, 3.63) is 21.0 Å². The Labute approximate surface area is 118 Å². The highest BCUT2D eigenvalue weighted by Gasteiger charge is 2.40. The van der Waals surface area contributed by atoms with Gasteiger partial charge in [0.25, 0.3) is 0 Å². The molecule has 1 saturated carbocycles. The first-order chi connectivity index (χ1) is 8.09. The maximum absolute atomic E-state index is 10.5. The van der Waals surface area contributed by atoms with Gasteiger partial charge in [0.2, 0.25) is 0 Å². The summed E-state index contributed by atoms with van der Waals surface area (Å²) < 4.78 is 6.97. The third-order valence-electron chi connectivity index (χ3n) is 3.77. The highest BCUT2D eigenvalue weighted by atomic mass is 79.9. The van der Waals surface area contributed by atoms with Gasteiger partial charge in [-0.2, -0.15) is 0 Å². The Kier molecular flexibility index (Phi) is 4.34. The lowest BCUT2D eigenvalue weighted by molar-refractivity contribution is -0.0136. The normalized spacial score (nSPS) is 21.4. The van der Waals surface area contributed by atoms with Gasteiger partial charge in [-0.15, -0.1) is 0 Å². The molecular formula is C12H17Br2NO2. The van der Waals surface area contributed by atoms with Gasteiger partial charge in [0.05, 0.1) is 4.47 Å². The quantitative estimate of drug-likeness (QED) is 0.856. The van der Waals surface area contributed by atoms with Crippen molar-refractivity contribution >= 4 is 31.9 Å². The SMILES string of the molecule is NCC1(C(O)c2cc(Br)c(Br)o2)CCCCC1. The van der Waals surface area contributed by atoms with Gasteiger partial charge in [0.1, 0.15) is 11.9 Å². The molecule has 96 valence electrons. The summed E-state index contributed by atoms with van der Waals surface area (Å²) in [6, 6.07) is 1.82.